The maximum Gasteiger partial charge on any atom is 0.237 e. The van der Waals surface area contributed by atoms with E-state index in [0.717, 1.165) is 35.2 Å². The van der Waals surface area contributed by atoms with Crippen molar-refractivity contribution < 1.29 is 4.79 Å². The third-order valence-corrected chi connectivity index (χ3v) is 5.29. The Morgan fingerprint density at radius 3 is 2.52 bits per heavy atom. The fourth-order valence-corrected chi connectivity index (χ4v) is 3.59. The van der Waals surface area contributed by atoms with Crippen LogP contribution in [-0.2, 0) is 11.3 Å². The van der Waals surface area contributed by atoms with Crippen LogP contribution in [0.1, 0.15) is 20.3 Å². The van der Waals surface area contributed by atoms with Crippen molar-refractivity contribution in [2.45, 2.75) is 37.2 Å². The number of rotatable bonds is 7. The Morgan fingerprint density at radius 2 is 1.85 bits per heavy atom. The highest BCUT2D eigenvalue weighted by molar-refractivity contribution is 8.00. The zero-order valence-electron chi connectivity index (χ0n) is 15.2. The highest BCUT2D eigenvalue weighted by Crippen LogP contribution is 2.28. The van der Waals surface area contributed by atoms with E-state index in [1.54, 1.807) is 0 Å². The van der Waals surface area contributed by atoms with Gasteiger partial charge in [0.2, 0.25) is 5.91 Å². The molecule has 3 rings (SSSR count). The lowest BCUT2D eigenvalue weighted by Gasteiger charge is -2.13. The number of aromatic nitrogens is 3. The lowest BCUT2D eigenvalue weighted by Crippen LogP contribution is -2.22. The van der Waals surface area contributed by atoms with Crippen molar-refractivity contribution in [1.82, 2.24) is 14.8 Å². The lowest BCUT2D eigenvalue weighted by atomic mass is 10.2. The van der Waals surface area contributed by atoms with Crippen LogP contribution < -0.4 is 5.32 Å². The van der Waals surface area contributed by atoms with Crippen LogP contribution in [0.4, 0.5) is 5.69 Å². The van der Waals surface area contributed by atoms with Gasteiger partial charge in [-0.15, -0.1) is 10.2 Å². The minimum absolute atomic E-state index is 0.0645. The topological polar surface area (TPSA) is 59.8 Å². The highest BCUT2D eigenvalue weighted by Gasteiger charge is 2.20. The fourth-order valence-electron chi connectivity index (χ4n) is 2.59. The Morgan fingerprint density at radius 1 is 1.15 bits per heavy atom. The molecule has 140 valence electrons. The van der Waals surface area contributed by atoms with Crippen LogP contribution in [0, 0.1) is 0 Å². The van der Waals surface area contributed by atoms with Gasteiger partial charge in [0.15, 0.2) is 11.0 Å². The number of nitrogens with zero attached hydrogens (tertiary/aromatic N) is 3. The quantitative estimate of drug-likeness (QED) is 0.558. The predicted octanol–water partition coefficient (Wildman–Crippen LogP) is 5.13. The zero-order valence-corrected chi connectivity index (χ0v) is 16.8. The van der Waals surface area contributed by atoms with Crippen LogP contribution in [-0.4, -0.2) is 25.9 Å². The lowest BCUT2D eigenvalue weighted by molar-refractivity contribution is -0.115. The maximum absolute atomic E-state index is 12.5. The molecule has 27 heavy (non-hydrogen) atoms. The third kappa shape index (κ3) is 4.90. The monoisotopic (exact) mass is 400 g/mol. The number of hydrogen-bond acceptors (Lipinski definition) is 4. The molecule has 0 aliphatic rings. The number of thioether (sulfide) groups is 1. The first kappa shape index (κ1) is 19.5. The minimum atomic E-state index is -0.303. The van der Waals surface area contributed by atoms with Crippen molar-refractivity contribution in [1.29, 1.82) is 0 Å². The van der Waals surface area contributed by atoms with Crippen molar-refractivity contribution in [3.05, 3.63) is 59.6 Å². The molecular weight excluding hydrogens is 380 g/mol. The number of anilines is 1. The molecule has 0 aliphatic heterocycles. The molecule has 1 aromatic heterocycles. The van der Waals surface area contributed by atoms with E-state index >= 15 is 0 Å². The summed E-state index contributed by atoms with van der Waals surface area (Å²) < 4.78 is 2.06. The van der Waals surface area contributed by atoms with E-state index in [4.69, 9.17) is 11.6 Å². The first-order valence-electron chi connectivity index (χ1n) is 8.80. The summed E-state index contributed by atoms with van der Waals surface area (Å²) in [6.45, 7) is 4.75. The molecule has 1 heterocycles. The van der Waals surface area contributed by atoms with Gasteiger partial charge in [0.1, 0.15) is 0 Å². The largest absolute Gasteiger partial charge is 0.325 e. The second kappa shape index (κ2) is 9.06. The van der Waals surface area contributed by atoms with Gasteiger partial charge in [0.25, 0.3) is 0 Å². The van der Waals surface area contributed by atoms with Crippen LogP contribution in [0.25, 0.3) is 11.4 Å². The maximum atomic E-state index is 12.5. The third-order valence-electron chi connectivity index (χ3n) is 3.96. The molecule has 1 atom stereocenters. The van der Waals surface area contributed by atoms with E-state index in [-0.39, 0.29) is 11.2 Å². The average Bonchev–Trinajstić information content (AvgIpc) is 3.06. The molecule has 1 amide bonds. The van der Waals surface area contributed by atoms with Gasteiger partial charge in [-0.3, -0.25) is 4.79 Å². The Hall–Kier alpha value is -2.31. The number of amides is 1. The second-order valence-electron chi connectivity index (χ2n) is 6.08. The van der Waals surface area contributed by atoms with Gasteiger partial charge >= 0.3 is 0 Å². The fraction of sp³-hybridized carbons (Fsp3) is 0.250. The number of carbonyl (C=O) groups is 1. The van der Waals surface area contributed by atoms with Gasteiger partial charge in [0, 0.05) is 22.8 Å². The summed E-state index contributed by atoms with van der Waals surface area (Å²) in [5.74, 6) is 0.719. The number of hydrogen-bond donors (Lipinski definition) is 1. The van der Waals surface area contributed by atoms with E-state index in [2.05, 4.69) is 27.0 Å². The molecular formula is C20H21ClN4OS. The highest BCUT2D eigenvalue weighted by atomic mass is 35.5. The summed E-state index contributed by atoms with van der Waals surface area (Å²) in [6.07, 6.45) is 0.941. The molecule has 0 aliphatic carbocycles. The van der Waals surface area contributed by atoms with Crippen LogP contribution in [0.5, 0.6) is 0 Å². The average molecular weight is 401 g/mol. The van der Waals surface area contributed by atoms with Gasteiger partial charge in [-0.2, -0.15) is 0 Å². The van der Waals surface area contributed by atoms with Gasteiger partial charge in [-0.1, -0.05) is 48.5 Å². The number of para-hydroxylation sites is 1. The Balaban J connectivity index is 1.77. The smallest absolute Gasteiger partial charge is 0.237 e. The summed E-state index contributed by atoms with van der Waals surface area (Å²) in [5.41, 5.74) is 1.74. The SMILES string of the molecule is CCCn1c(S[C@H](C)C(=O)Nc2ccccc2)nnc1-c1ccc(Cl)cc1. The Kier molecular flexibility index (Phi) is 6.53. The van der Waals surface area contributed by atoms with E-state index < -0.39 is 0 Å². The molecule has 0 saturated carbocycles. The summed E-state index contributed by atoms with van der Waals surface area (Å²) in [4.78, 5) is 12.5. The number of carbonyl (C=O) groups excluding carboxylic acids is 1. The Labute approximate surface area is 168 Å². The van der Waals surface area contributed by atoms with Gasteiger partial charge in [0.05, 0.1) is 5.25 Å². The normalized spacial score (nSPS) is 12.0. The van der Waals surface area contributed by atoms with Crippen molar-refractivity contribution >= 4 is 35.0 Å². The van der Waals surface area contributed by atoms with Crippen LogP contribution >= 0.6 is 23.4 Å². The molecule has 5 nitrogen and oxygen atoms in total. The summed E-state index contributed by atoms with van der Waals surface area (Å²) >= 11 is 7.39. The predicted molar refractivity (Wildman–Crippen MR) is 111 cm³/mol. The van der Waals surface area contributed by atoms with E-state index in [9.17, 15) is 4.79 Å². The van der Waals surface area contributed by atoms with E-state index in [1.165, 1.54) is 11.8 Å². The van der Waals surface area contributed by atoms with Crippen LogP contribution in [0.2, 0.25) is 5.02 Å². The van der Waals surface area contributed by atoms with Gasteiger partial charge in [-0.05, 0) is 49.7 Å². The van der Waals surface area contributed by atoms with Crippen molar-refractivity contribution in [2.24, 2.45) is 0 Å². The molecule has 0 spiro atoms. The standard InChI is InChI=1S/C20H21ClN4OS/c1-3-13-25-18(15-9-11-16(21)12-10-15)23-24-20(25)27-14(2)19(26)22-17-7-5-4-6-8-17/h4-12,14H,3,13H2,1-2H3,(H,22,26)/t14-/m1/s1. The summed E-state index contributed by atoms with van der Waals surface area (Å²) in [5, 5.41) is 12.7. The number of halogens is 1. The molecule has 0 radical (unpaired) electrons. The molecule has 0 fully saturated rings. The number of benzene rings is 2. The van der Waals surface area contributed by atoms with Gasteiger partial charge < -0.3 is 9.88 Å². The zero-order chi connectivity index (χ0) is 19.2. The molecule has 0 saturated heterocycles. The van der Waals surface area contributed by atoms with Crippen LogP contribution in [0.3, 0.4) is 0 Å². The van der Waals surface area contributed by atoms with Crippen molar-refractivity contribution in [3.63, 3.8) is 0 Å². The Bertz CT molecular complexity index is 896. The molecule has 1 N–H and O–H groups in total. The molecule has 2 aromatic carbocycles. The van der Waals surface area contributed by atoms with E-state index in [1.807, 2.05) is 61.5 Å². The van der Waals surface area contributed by atoms with Crippen molar-refractivity contribution in [2.75, 3.05) is 5.32 Å². The van der Waals surface area contributed by atoms with Crippen LogP contribution in [0.15, 0.2) is 59.8 Å². The molecule has 0 unspecified atom stereocenters. The summed E-state index contributed by atoms with van der Waals surface area (Å²) in [6, 6.07) is 17.0. The minimum Gasteiger partial charge on any atom is -0.325 e. The van der Waals surface area contributed by atoms with E-state index in [0.29, 0.717) is 5.02 Å². The molecule has 3 aromatic rings. The molecule has 7 heteroatoms. The second-order valence-corrected chi connectivity index (χ2v) is 7.82. The number of nitrogens with one attached hydrogen (secondary N) is 1. The summed E-state index contributed by atoms with van der Waals surface area (Å²) in [7, 11) is 0. The van der Waals surface area contributed by atoms with Gasteiger partial charge in [-0.25, -0.2) is 0 Å². The first-order chi connectivity index (χ1) is 13.1. The van der Waals surface area contributed by atoms with Crippen molar-refractivity contribution in [3.8, 4) is 11.4 Å². The molecule has 0 bridgehead atoms. The first-order valence-corrected chi connectivity index (χ1v) is 10.1.